The molecule has 234 valence electrons. The summed E-state index contributed by atoms with van der Waals surface area (Å²) in [6.07, 6.45) is 0.958. The van der Waals surface area contributed by atoms with Gasteiger partial charge in [0.05, 0.1) is 12.1 Å². The maximum absolute atomic E-state index is 13.3. The summed E-state index contributed by atoms with van der Waals surface area (Å²) in [5, 5.41) is 9.97. The molecule has 4 heterocycles. The number of nitrogens with zero attached hydrogens (tertiary/aromatic N) is 6. The Morgan fingerprint density at radius 2 is 1.70 bits per heavy atom. The molecule has 4 amide bonds. The number of aromatic nitrogens is 2. The van der Waals surface area contributed by atoms with Crippen molar-refractivity contribution in [2.24, 2.45) is 0 Å². The Labute approximate surface area is 252 Å². The molecule has 1 aromatic carbocycles. The lowest BCUT2D eigenvalue weighted by Crippen LogP contribution is -2.45. The van der Waals surface area contributed by atoms with E-state index in [9.17, 15) is 14.4 Å². The molecule has 3 atom stereocenters. The highest BCUT2D eigenvalue weighted by atomic mass is 16.7. The molecule has 2 aromatic rings. The van der Waals surface area contributed by atoms with Crippen LogP contribution in [-0.4, -0.2) is 91.1 Å². The Morgan fingerprint density at radius 1 is 0.977 bits per heavy atom. The number of likely N-dealkylation sites (tertiary alicyclic amines) is 1. The molecular formula is C30H42N6O7. The summed E-state index contributed by atoms with van der Waals surface area (Å²) in [7, 11) is 0. The Hall–Kier alpha value is -3.87. The lowest BCUT2D eigenvalue weighted by Gasteiger charge is -2.31. The minimum Gasteiger partial charge on any atom is -0.444 e. The third-order valence-electron chi connectivity index (χ3n) is 7.49. The molecule has 13 heteroatoms. The summed E-state index contributed by atoms with van der Waals surface area (Å²) in [4.78, 5) is 50.0. The first-order valence-corrected chi connectivity index (χ1v) is 14.8. The van der Waals surface area contributed by atoms with E-state index in [-0.39, 0.29) is 36.6 Å². The van der Waals surface area contributed by atoms with Crippen molar-refractivity contribution < 1.29 is 33.1 Å². The molecule has 3 aliphatic rings. The van der Waals surface area contributed by atoms with Crippen LogP contribution in [0.4, 0.5) is 14.4 Å². The van der Waals surface area contributed by atoms with Gasteiger partial charge < -0.3 is 23.7 Å². The topological polar surface area (TPSA) is 131 Å². The summed E-state index contributed by atoms with van der Waals surface area (Å²) in [6, 6.07) is 8.72. The van der Waals surface area contributed by atoms with E-state index < -0.39 is 23.4 Å². The van der Waals surface area contributed by atoms with Crippen molar-refractivity contribution in [3.63, 3.8) is 0 Å². The second-order valence-corrected chi connectivity index (χ2v) is 13.3. The van der Waals surface area contributed by atoms with Crippen LogP contribution in [-0.2, 0) is 27.5 Å². The van der Waals surface area contributed by atoms with E-state index in [1.165, 1.54) is 9.96 Å². The number of carbonyl (C=O) groups is 3. The Kier molecular flexibility index (Phi) is 8.55. The Balaban J connectivity index is 1.25. The zero-order valence-electron chi connectivity index (χ0n) is 25.8. The molecule has 2 unspecified atom stereocenters. The number of ether oxygens (including phenoxy) is 2. The molecule has 0 aliphatic carbocycles. The molecule has 0 saturated carbocycles. The third-order valence-corrected chi connectivity index (χ3v) is 7.49. The highest BCUT2D eigenvalue weighted by Crippen LogP contribution is 2.38. The second kappa shape index (κ2) is 12.0. The number of piperidine rings is 1. The van der Waals surface area contributed by atoms with Crippen LogP contribution in [0, 0.1) is 0 Å². The summed E-state index contributed by atoms with van der Waals surface area (Å²) >= 11 is 0. The number of amides is 4. The summed E-state index contributed by atoms with van der Waals surface area (Å²) in [6.45, 7) is 12.4. The quantitative estimate of drug-likeness (QED) is 0.437. The van der Waals surface area contributed by atoms with Gasteiger partial charge in [-0.05, 0) is 66.4 Å². The molecule has 5 rings (SSSR count). The Morgan fingerprint density at radius 3 is 2.40 bits per heavy atom. The smallest absolute Gasteiger partial charge is 0.411 e. The van der Waals surface area contributed by atoms with Gasteiger partial charge in [0, 0.05) is 19.6 Å². The molecule has 0 N–H and O–H groups in total. The van der Waals surface area contributed by atoms with E-state index in [4.69, 9.17) is 18.7 Å². The number of urea groups is 1. The van der Waals surface area contributed by atoms with E-state index >= 15 is 0 Å². The van der Waals surface area contributed by atoms with Crippen molar-refractivity contribution in [3.8, 4) is 0 Å². The van der Waals surface area contributed by atoms with Gasteiger partial charge in [0.25, 0.3) is 0 Å². The zero-order valence-corrected chi connectivity index (χ0v) is 25.8. The molecule has 3 aliphatic heterocycles. The van der Waals surface area contributed by atoms with E-state index in [1.54, 1.807) is 30.6 Å². The largest absolute Gasteiger partial charge is 0.444 e. The van der Waals surface area contributed by atoms with Crippen molar-refractivity contribution in [1.29, 1.82) is 0 Å². The fourth-order valence-electron chi connectivity index (χ4n) is 5.54. The van der Waals surface area contributed by atoms with Gasteiger partial charge in [-0.15, -0.1) is 10.2 Å². The number of hydrogen-bond donors (Lipinski definition) is 0. The normalized spacial score (nSPS) is 22.2. The first-order chi connectivity index (χ1) is 20.3. The van der Waals surface area contributed by atoms with Crippen molar-refractivity contribution in [3.05, 3.63) is 47.7 Å². The van der Waals surface area contributed by atoms with Crippen molar-refractivity contribution in [1.82, 2.24) is 30.0 Å². The van der Waals surface area contributed by atoms with E-state index in [0.717, 1.165) is 12.0 Å². The van der Waals surface area contributed by atoms with E-state index in [0.29, 0.717) is 45.0 Å². The molecule has 3 saturated heterocycles. The second-order valence-electron chi connectivity index (χ2n) is 13.3. The molecule has 3 fully saturated rings. The van der Waals surface area contributed by atoms with Gasteiger partial charge in [-0.1, -0.05) is 30.3 Å². The van der Waals surface area contributed by atoms with Crippen LogP contribution in [0.15, 0.2) is 34.7 Å². The van der Waals surface area contributed by atoms with E-state index in [1.807, 2.05) is 51.1 Å². The first kappa shape index (κ1) is 30.6. The average Bonchev–Trinajstić information content (AvgIpc) is 3.65. The van der Waals surface area contributed by atoms with Gasteiger partial charge in [0.15, 0.2) is 0 Å². The number of hydroxylamine groups is 2. The molecule has 1 aromatic heterocycles. The van der Waals surface area contributed by atoms with Gasteiger partial charge in [-0.25, -0.2) is 14.4 Å². The molecular weight excluding hydrogens is 556 g/mol. The zero-order chi connectivity index (χ0) is 30.9. The molecule has 43 heavy (non-hydrogen) atoms. The number of hydrogen-bond acceptors (Lipinski definition) is 9. The van der Waals surface area contributed by atoms with Crippen LogP contribution < -0.4 is 0 Å². The summed E-state index contributed by atoms with van der Waals surface area (Å²) in [5.74, 6) is 0.542. The number of benzene rings is 1. The maximum atomic E-state index is 13.3. The predicted molar refractivity (Wildman–Crippen MR) is 153 cm³/mol. The van der Waals surface area contributed by atoms with Crippen molar-refractivity contribution in [2.75, 3.05) is 19.6 Å². The maximum Gasteiger partial charge on any atom is 0.411 e. The lowest BCUT2D eigenvalue weighted by molar-refractivity contribution is -0.140. The van der Waals surface area contributed by atoms with Crippen molar-refractivity contribution in [2.45, 2.75) is 103 Å². The van der Waals surface area contributed by atoms with Crippen LogP contribution in [0.1, 0.15) is 84.2 Å². The molecule has 2 bridgehead atoms. The van der Waals surface area contributed by atoms with Crippen molar-refractivity contribution >= 4 is 18.2 Å². The summed E-state index contributed by atoms with van der Waals surface area (Å²) in [5.41, 5.74) is -0.362. The van der Waals surface area contributed by atoms with Crippen LogP contribution in [0.5, 0.6) is 0 Å². The van der Waals surface area contributed by atoms with Gasteiger partial charge in [-0.3, -0.25) is 9.74 Å². The molecule has 0 radical (unpaired) electrons. The van der Waals surface area contributed by atoms with Crippen LogP contribution in [0.25, 0.3) is 0 Å². The van der Waals surface area contributed by atoms with E-state index in [2.05, 4.69) is 10.2 Å². The highest BCUT2D eigenvalue weighted by Gasteiger charge is 2.48. The number of fused-ring (bicyclic) bond motifs is 2. The molecule has 13 nitrogen and oxygen atoms in total. The minimum absolute atomic E-state index is 0.00431. The van der Waals surface area contributed by atoms with Crippen LogP contribution >= 0.6 is 0 Å². The number of carbonyl (C=O) groups excluding carboxylic acids is 3. The fraction of sp³-hybridized carbons (Fsp3) is 0.633. The fourth-order valence-corrected chi connectivity index (χ4v) is 5.54. The number of rotatable bonds is 7. The van der Waals surface area contributed by atoms with Gasteiger partial charge in [0.1, 0.15) is 30.4 Å². The van der Waals surface area contributed by atoms with Gasteiger partial charge >= 0.3 is 18.2 Å². The average molecular weight is 599 g/mol. The Bertz CT molecular complexity index is 1300. The third kappa shape index (κ3) is 7.38. The van der Waals surface area contributed by atoms with Crippen LogP contribution in [0.2, 0.25) is 0 Å². The molecule has 0 spiro atoms. The summed E-state index contributed by atoms with van der Waals surface area (Å²) < 4.78 is 17.3. The van der Waals surface area contributed by atoms with Crippen LogP contribution in [0.3, 0.4) is 0 Å². The monoisotopic (exact) mass is 598 g/mol. The van der Waals surface area contributed by atoms with Gasteiger partial charge in [-0.2, -0.15) is 5.06 Å². The SMILES string of the molecule is CC(C)(C)OC(=O)N1CCC(N(Cc2nnc([C@@H]3CCC4CN3C(=O)N4OCc3ccccc3)o2)C(=O)OC(C)(C)C)C1. The highest BCUT2D eigenvalue weighted by molar-refractivity contribution is 5.77. The first-order valence-electron chi connectivity index (χ1n) is 14.8. The minimum atomic E-state index is -0.720. The lowest BCUT2D eigenvalue weighted by atomic mass is 10.0. The standard InChI is InChI=1S/C30H42N6O7/c1-29(2,3)42-27(38)33-15-14-21(16-33)34(28(39)43-30(4,5)6)18-24-31-32-25(41-24)23-13-12-22-17-35(23)26(37)36(22)40-19-20-10-8-7-9-11-20/h7-11,21-23H,12-19H2,1-6H3/t21?,22?,23-/m0/s1. The predicted octanol–water partition coefficient (Wildman–Crippen LogP) is 4.89. The van der Waals surface area contributed by atoms with Gasteiger partial charge in [0.2, 0.25) is 11.8 Å².